The fourth-order valence-corrected chi connectivity index (χ4v) is 4.46. The Morgan fingerprint density at radius 3 is 2.50 bits per heavy atom. The zero-order chi connectivity index (χ0) is 20.5. The molecule has 3 rings (SSSR count). The third kappa shape index (κ3) is 4.33. The lowest BCUT2D eigenvalue weighted by molar-refractivity contribution is -0.157. The number of nitrogens with one attached hydrogen (secondary N) is 1. The number of sulfonamides is 1. The highest BCUT2D eigenvalue weighted by Crippen LogP contribution is 2.33. The molecule has 0 aliphatic carbocycles. The molecule has 0 unspecified atom stereocenters. The van der Waals surface area contributed by atoms with Crippen molar-refractivity contribution in [1.82, 2.24) is 14.5 Å². The number of carbonyl (C=O) groups excluding carboxylic acids is 1. The zero-order valence-electron chi connectivity index (χ0n) is 14.7. The molecule has 0 spiro atoms. The smallest absolute Gasteiger partial charge is 0.417 e. The number of anilines is 1. The monoisotopic (exact) mass is 418 g/mol. The third-order valence-corrected chi connectivity index (χ3v) is 6.11. The Kier molecular flexibility index (Phi) is 5.44. The number of amides is 1. The Morgan fingerprint density at radius 1 is 1.25 bits per heavy atom. The van der Waals surface area contributed by atoms with Crippen LogP contribution in [0.15, 0.2) is 33.6 Å². The van der Waals surface area contributed by atoms with Crippen molar-refractivity contribution in [2.24, 2.45) is 0 Å². The Labute approximate surface area is 158 Å². The van der Waals surface area contributed by atoms with Crippen LogP contribution in [0.2, 0.25) is 0 Å². The summed E-state index contributed by atoms with van der Waals surface area (Å²) in [5, 5.41) is 8.97. The number of hydrogen-bond donors (Lipinski definition) is 1. The second-order valence-electron chi connectivity index (χ2n) is 6.35. The molecule has 0 saturated carbocycles. The van der Waals surface area contributed by atoms with Crippen LogP contribution in [0.1, 0.15) is 37.5 Å². The van der Waals surface area contributed by atoms with Crippen molar-refractivity contribution in [3.63, 3.8) is 0 Å². The predicted octanol–water partition coefficient (Wildman–Crippen LogP) is 2.62. The maximum Gasteiger partial charge on any atom is 0.470 e. The van der Waals surface area contributed by atoms with Crippen molar-refractivity contribution in [1.29, 1.82) is 0 Å². The summed E-state index contributed by atoms with van der Waals surface area (Å²) in [4.78, 5) is 11.1. The van der Waals surface area contributed by atoms with Crippen molar-refractivity contribution < 1.29 is 30.8 Å². The molecule has 8 nitrogen and oxygen atoms in total. The van der Waals surface area contributed by atoms with Crippen LogP contribution in [0.5, 0.6) is 0 Å². The number of halogens is 3. The molecule has 1 aromatic carbocycles. The minimum absolute atomic E-state index is 0.0174. The average molecular weight is 418 g/mol. The van der Waals surface area contributed by atoms with E-state index < -0.39 is 28.0 Å². The van der Waals surface area contributed by atoms with Crippen LogP contribution < -0.4 is 5.32 Å². The SMILES string of the molecule is CC(=O)Nc1ccc(S(=O)(=O)N2CCC[C@H](c3nnc(C(F)(F)F)o3)C2)cc1. The molecule has 2 heterocycles. The summed E-state index contributed by atoms with van der Waals surface area (Å²) >= 11 is 0. The van der Waals surface area contributed by atoms with Gasteiger partial charge in [-0.3, -0.25) is 4.79 Å². The van der Waals surface area contributed by atoms with Gasteiger partial charge in [-0.05, 0) is 37.1 Å². The van der Waals surface area contributed by atoms with Gasteiger partial charge in [0.2, 0.25) is 21.8 Å². The highest BCUT2D eigenvalue weighted by Gasteiger charge is 2.40. The average Bonchev–Trinajstić information content (AvgIpc) is 3.12. The van der Waals surface area contributed by atoms with Gasteiger partial charge in [0.15, 0.2) is 0 Å². The van der Waals surface area contributed by atoms with E-state index in [1.54, 1.807) is 0 Å². The Bertz CT molecular complexity index is 957. The second-order valence-corrected chi connectivity index (χ2v) is 8.29. The minimum Gasteiger partial charge on any atom is -0.417 e. The number of piperidine rings is 1. The Morgan fingerprint density at radius 2 is 1.93 bits per heavy atom. The van der Waals surface area contributed by atoms with E-state index >= 15 is 0 Å². The van der Waals surface area contributed by atoms with Gasteiger partial charge in [-0.25, -0.2) is 8.42 Å². The number of carbonyl (C=O) groups is 1. The fraction of sp³-hybridized carbons (Fsp3) is 0.438. The summed E-state index contributed by atoms with van der Waals surface area (Å²) in [7, 11) is -3.86. The van der Waals surface area contributed by atoms with Crippen LogP contribution in [0.4, 0.5) is 18.9 Å². The van der Waals surface area contributed by atoms with Crippen LogP contribution in [-0.2, 0) is 21.0 Å². The molecule has 1 atom stereocenters. The van der Waals surface area contributed by atoms with Gasteiger partial charge in [0.05, 0.1) is 10.8 Å². The molecule has 28 heavy (non-hydrogen) atoms. The number of benzene rings is 1. The van der Waals surface area contributed by atoms with Gasteiger partial charge in [-0.15, -0.1) is 10.2 Å². The molecule has 1 aromatic heterocycles. The number of hydrogen-bond acceptors (Lipinski definition) is 6. The Hall–Kier alpha value is -2.47. The van der Waals surface area contributed by atoms with E-state index in [2.05, 4.69) is 15.5 Å². The first-order valence-electron chi connectivity index (χ1n) is 8.36. The molecule has 1 fully saturated rings. The zero-order valence-corrected chi connectivity index (χ0v) is 15.5. The molecule has 1 aliphatic heterocycles. The summed E-state index contributed by atoms with van der Waals surface area (Å²) < 4.78 is 69.5. The summed E-state index contributed by atoms with van der Waals surface area (Å²) in [6.07, 6.45) is -3.87. The van der Waals surface area contributed by atoms with Crippen molar-refractivity contribution in [2.45, 2.75) is 36.8 Å². The van der Waals surface area contributed by atoms with Crippen LogP contribution in [0.25, 0.3) is 0 Å². The third-order valence-electron chi connectivity index (χ3n) is 4.23. The van der Waals surface area contributed by atoms with E-state index in [0.717, 1.165) is 0 Å². The molecule has 0 bridgehead atoms. The van der Waals surface area contributed by atoms with Crippen LogP contribution in [0.3, 0.4) is 0 Å². The highest BCUT2D eigenvalue weighted by atomic mass is 32.2. The van der Waals surface area contributed by atoms with Crippen LogP contribution in [0, 0.1) is 0 Å². The molecule has 1 aliphatic rings. The maximum atomic E-state index is 12.9. The minimum atomic E-state index is -4.75. The lowest BCUT2D eigenvalue weighted by Crippen LogP contribution is -2.39. The molecular formula is C16H17F3N4O4S. The van der Waals surface area contributed by atoms with E-state index in [9.17, 15) is 26.4 Å². The molecule has 152 valence electrons. The number of alkyl halides is 3. The van der Waals surface area contributed by atoms with Gasteiger partial charge in [-0.2, -0.15) is 17.5 Å². The van der Waals surface area contributed by atoms with Gasteiger partial charge in [-0.1, -0.05) is 0 Å². The molecule has 1 saturated heterocycles. The van der Waals surface area contributed by atoms with E-state index in [1.807, 2.05) is 0 Å². The largest absolute Gasteiger partial charge is 0.470 e. The van der Waals surface area contributed by atoms with Crippen molar-refractivity contribution in [3.05, 3.63) is 36.0 Å². The van der Waals surface area contributed by atoms with Gasteiger partial charge in [0, 0.05) is 25.7 Å². The first-order valence-corrected chi connectivity index (χ1v) is 9.80. The molecule has 1 N–H and O–H groups in total. The van der Waals surface area contributed by atoms with Gasteiger partial charge in [0.1, 0.15) is 0 Å². The van der Waals surface area contributed by atoms with E-state index in [4.69, 9.17) is 4.42 Å². The second kappa shape index (κ2) is 7.51. The Balaban J connectivity index is 1.77. The van der Waals surface area contributed by atoms with Crippen molar-refractivity contribution >= 4 is 21.6 Å². The van der Waals surface area contributed by atoms with Crippen LogP contribution in [-0.4, -0.2) is 41.9 Å². The molecule has 1 amide bonds. The van der Waals surface area contributed by atoms with Gasteiger partial charge in [0.25, 0.3) is 0 Å². The lowest BCUT2D eigenvalue weighted by atomic mass is 10.00. The fourth-order valence-electron chi connectivity index (χ4n) is 2.94. The quantitative estimate of drug-likeness (QED) is 0.818. The normalized spacial score (nSPS) is 18.8. The topological polar surface area (TPSA) is 105 Å². The van der Waals surface area contributed by atoms with Crippen LogP contribution >= 0.6 is 0 Å². The summed E-state index contributed by atoms with van der Waals surface area (Å²) in [6.45, 7) is 1.50. The predicted molar refractivity (Wildman–Crippen MR) is 90.8 cm³/mol. The van der Waals surface area contributed by atoms with Crippen molar-refractivity contribution in [3.8, 4) is 0 Å². The summed E-state index contributed by atoms with van der Waals surface area (Å²) in [5.74, 6) is -2.58. The first-order chi connectivity index (χ1) is 13.1. The first kappa shape index (κ1) is 20.3. The van der Waals surface area contributed by atoms with E-state index in [-0.39, 0.29) is 29.8 Å². The lowest BCUT2D eigenvalue weighted by Gasteiger charge is -2.30. The maximum absolute atomic E-state index is 12.9. The standard InChI is InChI=1S/C16H17F3N4O4S/c1-10(24)20-12-4-6-13(7-5-12)28(25,26)23-8-2-3-11(9-23)14-21-22-15(27-14)16(17,18)19/h4-7,11H,2-3,8-9H2,1H3,(H,20,24)/t11-/m0/s1. The van der Waals surface area contributed by atoms with E-state index in [0.29, 0.717) is 18.5 Å². The highest BCUT2D eigenvalue weighted by molar-refractivity contribution is 7.89. The number of rotatable bonds is 4. The van der Waals surface area contributed by atoms with E-state index in [1.165, 1.54) is 35.5 Å². The number of aromatic nitrogens is 2. The van der Waals surface area contributed by atoms with Gasteiger partial charge >= 0.3 is 12.1 Å². The summed E-state index contributed by atoms with van der Waals surface area (Å²) in [6, 6.07) is 5.64. The van der Waals surface area contributed by atoms with Gasteiger partial charge < -0.3 is 9.73 Å². The summed E-state index contributed by atoms with van der Waals surface area (Å²) in [5.41, 5.74) is 0.452. The molecule has 12 heteroatoms. The van der Waals surface area contributed by atoms with Crippen molar-refractivity contribution in [2.75, 3.05) is 18.4 Å². The molecule has 2 aromatic rings. The molecule has 0 radical (unpaired) electrons. The molecular weight excluding hydrogens is 401 g/mol. The number of nitrogens with zero attached hydrogens (tertiary/aromatic N) is 3.